The van der Waals surface area contributed by atoms with Crippen molar-refractivity contribution in [1.29, 1.82) is 0 Å². The minimum Gasteiger partial charge on any atom is -0.379 e. The predicted octanol–water partition coefficient (Wildman–Crippen LogP) is 2.18. The van der Waals surface area contributed by atoms with Gasteiger partial charge in [-0.05, 0) is 24.6 Å². The van der Waals surface area contributed by atoms with Gasteiger partial charge in [-0.15, -0.1) is 0 Å². The SMILES string of the molecule is CCOCCOCc1cccc(NC(=O)C2CC(F)(F)CN2)c1. The highest BCUT2D eigenvalue weighted by atomic mass is 19.3. The fourth-order valence-electron chi connectivity index (χ4n) is 2.32. The van der Waals surface area contributed by atoms with Crippen molar-refractivity contribution >= 4 is 11.6 Å². The topological polar surface area (TPSA) is 59.6 Å². The average Bonchev–Trinajstić information content (AvgIpc) is 2.88. The van der Waals surface area contributed by atoms with Crippen molar-refractivity contribution < 1.29 is 23.0 Å². The first-order chi connectivity index (χ1) is 11.0. The number of anilines is 1. The summed E-state index contributed by atoms with van der Waals surface area (Å²) < 4.78 is 36.9. The Morgan fingerprint density at radius 1 is 1.39 bits per heavy atom. The maximum atomic E-state index is 13.1. The number of halogens is 2. The molecule has 1 saturated heterocycles. The molecule has 128 valence electrons. The molecule has 1 atom stereocenters. The summed E-state index contributed by atoms with van der Waals surface area (Å²) in [4.78, 5) is 12.0. The minimum atomic E-state index is -2.82. The number of carbonyl (C=O) groups excluding carboxylic acids is 1. The van der Waals surface area contributed by atoms with Crippen molar-refractivity contribution in [3.05, 3.63) is 29.8 Å². The highest BCUT2D eigenvalue weighted by Crippen LogP contribution is 2.25. The van der Waals surface area contributed by atoms with Gasteiger partial charge in [0.1, 0.15) is 0 Å². The number of hydrogen-bond donors (Lipinski definition) is 2. The Morgan fingerprint density at radius 3 is 2.87 bits per heavy atom. The van der Waals surface area contributed by atoms with Crippen LogP contribution in [-0.2, 0) is 20.9 Å². The predicted molar refractivity (Wildman–Crippen MR) is 82.6 cm³/mol. The lowest BCUT2D eigenvalue weighted by Crippen LogP contribution is -2.35. The molecule has 7 heteroatoms. The first-order valence-corrected chi connectivity index (χ1v) is 7.67. The third-order valence-corrected chi connectivity index (χ3v) is 3.47. The van der Waals surface area contributed by atoms with Gasteiger partial charge in [0, 0.05) is 18.7 Å². The number of rotatable bonds is 8. The molecule has 23 heavy (non-hydrogen) atoms. The van der Waals surface area contributed by atoms with Gasteiger partial charge in [-0.25, -0.2) is 8.78 Å². The fraction of sp³-hybridized carbons (Fsp3) is 0.562. The van der Waals surface area contributed by atoms with Gasteiger partial charge in [0.15, 0.2) is 0 Å². The van der Waals surface area contributed by atoms with E-state index in [9.17, 15) is 13.6 Å². The zero-order valence-electron chi connectivity index (χ0n) is 13.1. The molecular weight excluding hydrogens is 306 g/mol. The van der Waals surface area contributed by atoms with Crippen molar-refractivity contribution in [3.63, 3.8) is 0 Å². The fourth-order valence-corrected chi connectivity index (χ4v) is 2.32. The second kappa shape index (κ2) is 8.33. The summed E-state index contributed by atoms with van der Waals surface area (Å²) in [6, 6.07) is 6.28. The van der Waals surface area contributed by atoms with Crippen molar-refractivity contribution in [1.82, 2.24) is 5.32 Å². The molecule has 0 bridgehead atoms. The molecule has 1 amide bonds. The van der Waals surface area contributed by atoms with Crippen LogP contribution >= 0.6 is 0 Å². The molecule has 0 aliphatic carbocycles. The van der Waals surface area contributed by atoms with Crippen LogP contribution in [0.15, 0.2) is 24.3 Å². The summed E-state index contributed by atoms with van der Waals surface area (Å²) in [7, 11) is 0. The molecule has 1 unspecified atom stereocenters. The molecule has 1 fully saturated rings. The number of nitrogens with one attached hydrogen (secondary N) is 2. The normalized spacial score (nSPS) is 19.7. The van der Waals surface area contributed by atoms with Gasteiger partial charge in [0.25, 0.3) is 5.92 Å². The van der Waals surface area contributed by atoms with E-state index in [1.165, 1.54) is 0 Å². The summed E-state index contributed by atoms with van der Waals surface area (Å²) in [6.07, 6.45) is -0.473. The molecule has 0 aromatic heterocycles. The molecule has 1 aromatic rings. The van der Waals surface area contributed by atoms with E-state index < -0.39 is 30.8 Å². The largest absolute Gasteiger partial charge is 0.379 e. The Labute approximate surface area is 134 Å². The lowest BCUT2D eigenvalue weighted by molar-refractivity contribution is -0.118. The first kappa shape index (κ1) is 17.8. The smallest absolute Gasteiger partial charge is 0.262 e. The van der Waals surface area contributed by atoms with Crippen molar-refractivity contribution in [3.8, 4) is 0 Å². The molecule has 1 heterocycles. The summed E-state index contributed by atoms with van der Waals surface area (Å²) in [5.74, 6) is -3.27. The van der Waals surface area contributed by atoms with Crippen molar-refractivity contribution in [2.45, 2.75) is 31.9 Å². The van der Waals surface area contributed by atoms with Gasteiger partial charge in [0.05, 0.1) is 32.4 Å². The number of alkyl halides is 2. The number of amides is 1. The van der Waals surface area contributed by atoms with Crippen LogP contribution in [0, 0.1) is 0 Å². The number of benzene rings is 1. The zero-order chi connectivity index (χ0) is 16.7. The zero-order valence-corrected chi connectivity index (χ0v) is 13.1. The molecule has 1 aliphatic rings. The van der Waals surface area contributed by atoms with Gasteiger partial charge in [-0.2, -0.15) is 0 Å². The van der Waals surface area contributed by atoms with E-state index in [1.54, 1.807) is 18.2 Å². The molecule has 1 aliphatic heterocycles. The second-order valence-corrected chi connectivity index (χ2v) is 5.43. The summed E-state index contributed by atoms with van der Waals surface area (Å²) >= 11 is 0. The van der Waals surface area contributed by atoms with E-state index in [2.05, 4.69) is 10.6 Å². The molecule has 1 aromatic carbocycles. The summed E-state index contributed by atoms with van der Waals surface area (Å²) in [5.41, 5.74) is 1.46. The monoisotopic (exact) mass is 328 g/mol. The third-order valence-electron chi connectivity index (χ3n) is 3.47. The van der Waals surface area contributed by atoms with Crippen LogP contribution in [0.25, 0.3) is 0 Å². The third kappa shape index (κ3) is 5.85. The lowest BCUT2D eigenvalue weighted by atomic mass is 10.1. The van der Waals surface area contributed by atoms with Gasteiger partial charge in [-0.1, -0.05) is 12.1 Å². The Morgan fingerprint density at radius 2 is 2.17 bits per heavy atom. The van der Waals surface area contributed by atoms with E-state index in [-0.39, 0.29) is 0 Å². The average molecular weight is 328 g/mol. The second-order valence-electron chi connectivity index (χ2n) is 5.43. The van der Waals surface area contributed by atoms with Gasteiger partial charge >= 0.3 is 0 Å². The van der Waals surface area contributed by atoms with Crippen LogP contribution in [0.3, 0.4) is 0 Å². The Hall–Kier alpha value is -1.57. The van der Waals surface area contributed by atoms with Crippen LogP contribution < -0.4 is 10.6 Å². The van der Waals surface area contributed by atoms with Crippen molar-refractivity contribution in [2.75, 3.05) is 31.7 Å². The highest BCUT2D eigenvalue weighted by molar-refractivity contribution is 5.95. The number of carbonyl (C=O) groups is 1. The quantitative estimate of drug-likeness (QED) is 0.718. The molecule has 0 radical (unpaired) electrons. The molecule has 5 nitrogen and oxygen atoms in total. The van der Waals surface area contributed by atoms with Crippen LogP contribution in [-0.4, -0.2) is 44.2 Å². The van der Waals surface area contributed by atoms with E-state index in [1.807, 2.05) is 13.0 Å². The van der Waals surface area contributed by atoms with Gasteiger partial charge < -0.3 is 14.8 Å². The Kier molecular flexibility index (Phi) is 6.44. The maximum Gasteiger partial charge on any atom is 0.262 e. The number of ether oxygens (including phenoxy) is 2. The van der Waals surface area contributed by atoms with Crippen LogP contribution in [0.4, 0.5) is 14.5 Å². The van der Waals surface area contributed by atoms with Crippen molar-refractivity contribution in [2.24, 2.45) is 0 Å². The van der Waals surface area contributed by atoms with Gasteiger partial charge in [-0.3, -0.25) is 10.1 Å². The number of hydrogen-bond acceptors (Lipinski definition) is 4. The van der Waals surface area contributed by atoms with E-state index >= 15 is 0 Å². The van der Waals surface area contributed by atoms with Crippen LogP contribution in [0.2, 0.25) is 0 Å². The van der Waals surface area contributed by atoms with E-state index in [0.717, 1.165) is 5.56 Å². The van der Waals surface area contributed by atoms with Crippen LogP contribution in [0.5, 0.6) is 0 Å². The summed E-state index contributed by atoms with van der Waals surface area (Å²) in [5, 5.41) is 5.19. The van der Waals surface area contributed by atoms with E-state index in [0.29, 0.717) is 32.1 Å². The molecule has 2 rings (SSSR count). The Bertz CT molecular complexity index is 526. The lowest BCUT2D eigenvalue weighted by Gasteiger charge is -2.12. The molecular formula is C16H22F2N2O3. The van der Waals surface area contributed by atoms with E-state index in [4.69, 9.17) is 9.47 Å². The summed E-state index contributed by atoms with van der Waals surface area (Å²) in [6.45, 7) is 3.54. The maximum absolute atomic E-state index is 13.1. The first-order valence-electron chi connectivity index (χ1n) is 7.67. The minimum absolute atomic E-state index is 0.399. The standard InChI is InChI=1S/C16H22F2N2O3/c1-2-22-6-7-23-10-12-4-3-5-13(8-12)20-15(21)14-9-16(17,18)11-19-14/h3-5,8,14,19H,2,6-7,9-11H2,1H3,(H,20,21). The molecule has 0 spiro atoms. The van der Waals surface area contributed by atoms with Crippen LogP contribution in [0.1, 0.15) is 18.9 Å². The highest BCUT2D eigenvalue weighted by Gasteiger charge is 2.42. The molecule has 2 N–H and O–H groups in total. The van der Waals surface area contributed by atoms with Gasteiger partial charge in [0.2, 0.25) is 5.91 Å². The molecule has 0 saturated carbocycles. The Balaban J connectivity index is 1.81.